The number of nitrogens with one attached hydrogen (secondary N) is 3. The minimum absolute atomic E-state index is 0.000823. The summed E-state index contributed by atoms with van der Waals surface area (Å²) >= 11 is 0. The fourth-order valence-corrected chi connectivity index (χ4v) is 7.92. The molecule has 1 aromatic heterocycles. The molecule has 12 heteroatoms. The quantitative estimate of drug-likeness (QED) is 0.184. The summed E-state index contributed by atoms with van der Waals surface area (Å²) in [6.07, 6.45) is 3.68. The van der Waals surface area contributed by atoms with E-state index in [1.165, 1.54) is 0 Å². The molecule has 1 aliphatic rings. The van der Waals surface area contributed by atoms with Crippen LogP contribution in [0.1, 0.15) is 79.7 Å². The zero-order valence-corrected chi connectivity index (χ0v) is 34.0. The van der Waals surface area contributed by atoms with E-state index >= 15 is 0 Å². The minimum atomic E-state index is -0.746. The van der Waals surface area contributed by atoms with Crippen molar-refractivity contribution < 1.29 is 28.7 Å². The Kier molecular flexibility index (Phi) is 17.1. The third-order valence-corrected chi connectivity index (χ3v) is 11.2. The molecule has 53 heavy (non-hydrogen) atoms. The van der Waals surface area contributed by atoms with Gasteiger partial charge in [0.15, 0.2) is 0 Å². The Hall–Kier alpha value is -3.61. The number of benzene rings is 1. The molecule has 3 rings (SSSR count). The average molecular weight is 739 g/mol. The van der Waals surface area contributed by atoms with E-state index in [2.05, 4.69) is 40.8 Å². The number of likely N-dealkylation sites (N-methyl/N-ethyl adjacent to an activating group) is 2. The third-order valence-electron chi connectivity index (χ3n) is 11.2. The van der Waals surface area contributed by atoms with Crippen LogP contribution in [0.2, 0.25) is 0 Å². The van der Waals surface area contributed by atoms with Gasteiger partial charge in [-0.25, -0.2) is 0 Å². The molecule has 1 saturated heterocycles. The van der Waals surface area contributed by atoms with Gasteiger partial charge in [-0.1, -0.05) is 73.1 Å². The van der Waals surface area contributed by atoms with Gasteiger partial charge in [0.1, 0.15) is 6.04 Å². The maximum Gasteiger partial charge on any atom is 0.245 e. The highest BCUT2D eigenvalue weighted by atomic mass is 16.5. The van der Waals surface area contributed by atoms with E-state index < -0.39 is 36.3 Å². The normalized spacial score (nSPS) is 18.7. The number of nitrogens with zero attached hydrogens (tertiary/aromatic N) is 3. The summed E-state index contributed by atoms with van der Waals surface area (Å²) in [7, 11) is 6.66. The van der Waals surface area contributed by atoms with Gasteiger partial charge in [-0.3, -0.25) is 24.2 Å². The summed E-state index contributed by atoms with van der Waals surface area (Å²) in [6.45, 7) is 14.7. The number of likely N-dealkylation sites (tertiary alicyclic amines) is 1. The maximum atomic E-state index is 14.2. The van der Waals surface area contributed by atoms with E-state index in [4.69, 9.17) is 9.47 Å². The SMILES string of the molecule is CC[C@H](C)C([C@@H](CC(=O)N1CCC[C@H]1[C@H](OC)[C@@H](C)C(=O)NCCc1cccc2ncccc12)OC)N(C)C(=O)[C@@H](NC(=O)[C@@H](NC)C(C)C)C(C)C. The van der Waals surface area contributed by atoms with Crippen molar-refractivity contribution >= 4 is 34.5 Å². The number of rotatable bonds is 20. The Morgan fingerprint density at radius 3 is 2.26 bits per heavy atom. The second-order valence-corrected chi connectivity index (χ2v) is 15.4. The third kappa shape index (κ3) is 11.0. The van der Waals surface area contributed by atoms with Crippen molar-refractivity contribution in [2.45, 2.75) is 117 Å². The number of pyridine rings is 1. The lowest BCUT2D eigenvalue weighted by atomic mass is 9.89. The van der Waals surface area contributed by atoms with Gasteiger partial charge in [-0.05, 0) is 61.8 Å². The van der Waals surface area contributed by atoms with Gasteiger partial charge < -0.3 is 35.2 Å². The molecular weight excluding hydrogens is 672 g/mol. The number of aromatic nitrogens is 1. The molecule has 12 nitrogen and oxygen atoms in total. The Bertz CT molecular complexity index is 1500. The molecule has 1 fully saturated rings. The van der Waals surface area contributed by atoms with Crippen molar-refractivity contribution in [3.05, 3.63) is 42.1 Å². The fourth-order valence-electron chi connectivity index (χ4n) is 7.92. The topological polar surface area (TPSA) is 142 Å². The van der Waals surface area contributed by atoms with Crippen molar-refractivity contribution in [1.29, 1.82) is 0 Å². The number of hydrogen-bond acceptors (Lipinski definition) is 8. The Morgan fingerprint density at radius 2 is 1.66 bits per heavy atom. The molecule has 8 atom stereocenters. The Labute approximate surface area is 317 Å². The van der Waals surface area contributed by atoms with Gasteiger partial charge in [0.05, 0.1) is 48.2 Å². The van der Waals surface area contributed by atoms with Crippen LogP contribution in [0.5, 0.6) is 0 Å². The highest BCUT2D eigenvalue weighted by Gasteiger charge is 2.43. The lowest BCUT2D eigenvalue weighted by Crippen LogP contribution is -2.59. The van der Waals surface area contributed by atoms with Crippen LogP contribution in [0.25, 0.3) is 10.9 Å². The first kappa shape index (κ1) is 43.8. The molecule has 0 saturated carbocycles. The number of carbonyl (C=O) groups is 4. The van der Waals surface area contributed by atoms with Crippen LogP contribution in [-0.4, -0.2) is 116 Å². The van der Waals surface area contributed by atoms with Gasteiger partial charge in [0, 0.05) is 45.9 Å². The summed E-state index contributed by atoms with van der Waals surface area (Å²) in [5.41, 5.74) is 2.04. The molecule has 0 radical (unpaired) electrons. The van der Waals surface area contributed by atoms with Crippen molar-refractivity contribution in [2.75, 3.05) is 41.4 Å². The lowest BCUT2D eigenvalue weighted by molar-refractivity contribution is -0.147. The van der Waals surface area contributed by atoms with Crippen molar-refractivity contribution in [3.8, 4) is 0 Å². The largest absolute Gasteiger partial charge is 0.379 e. The van der Waals surface area contributed by atoms with E-state index in [9.17, 15) is 19.2 Å². The zero-order chi connectivity index (χ0) is 39.4. The number of amides is 4. The molecule has 2 heterocycles. The maximum absolute atomic E-state index is 14.2. The number of ether oxygens (including phenoxy) is 2. The molecule has 1 unspecified atom stereocenters. The van der Waals surface area contributed by atoms with E-state index in [0.717, 1.165) is 35.7 Å². The molecule has 3 N–H and O–H groups in total. The van der Waals surface area contributed by atoms with Crippen molar-refractivity contribution in [3.63, 3.8) is 0 Å². The predicted molar refractivity (Wildman–Crippen MR) is 209 cm³/mol. The van der Waals surface area contributed by atoms with Gasteiger partial charge in [-0.2, -0.15) is 0 Å². The van der Waals surface area contributed by atoms with Crippen LogP contribution in [0.4, 0.5) is 0 Å². The summed E-state index contributed by atoms with van der Waals surface area (Å²) in [6, 6.07) is 8.09. The van der Waals surface area contributed by atoms with Gasteiger partial charge in [0.2, 0.25) is 23.6 Å². The molecule has 296 valence electrons. The molecule has 1 aliphatic heterocycles. The highest BCUT2D eigenvalue weighted by Crippen LogP contribution is 2.30. The van der Waals surface area contributed by atoms with Crippen LogP contribution in [0.3, 0.4) is 0 Å². The highest BCUT2D eigenvalue weighted by molar-refractivity contribution is 5.90. The predicted octanol–water partition coefficient (Wildman–Crippen LogP) is 4.20. The smallest absolute Gasteiger partial charge is 0.245 e. The first-order valence-electron chi connectivity index (χ1n) is 19.4. The first-order valence-corrected chi connectivity index (χ1v) is 19.4. The minimum Gasteiger partial charge on any atom is -0.379 e. The Balaban J connectivity index is 1.72. The number of methoxy groups -OCH3 is 2. The van der Waals surface area contributed by atoms with E-state index in [-0.39, 0.29) is 53.8 Å². The lowest BCUT2D eigenvalue weighted by Gasteiger charge is -2.41. The summed E-state index contributed by atoms with van der Waals surface area (Å²) in [4.78, 5) is 62.9. The first-order chi connectivity index (χ1) is 25.2. The zero-order valence-electron chi connectivity index (χ0n) is 34.0. The molecule has 0 spiro atoms. The van der Waals surface area contributed by atoms with E-state index in [1.54, 1.807) is 39.4 Å². The summed E-state index contributed by atoms with van der Waals surface area (Å²) in [5.74, 6) is -1.28. The molecule has 4 amide bonds. The molecular formula is C41H66N6O6. The van der Waals surface area contributed by atoms with Gasteiger partial charge in [-0.15, -0.1) is 0 Å². The van der Waals surface area contributed by atoms with Crippen molar-refractivity contribution in [1.82, 2.24) is 30.7 Å². The van der Waals surface area contributed by atoms with Crippen LogP contribution < -0.4 is 16.0 Å². The van der Waals surface area contributed by atoms with Gasteiger partial charge >= 0.3 is 0 Å². The van der Waals surface area contributed by atoms with Crippen LogP contribution >= 0.6 is 0 Å². The molecule has 0 bridgehead atoms. The Morgan fingerprint density at radius 1 is 0.962 bits per heavy atom. The number of hydrogen-bond donors (Lipinski definition) is 3. The van der Waals surface area contributed by atoms with Crippen LogP contribution in [0, 0.1) is 23.7 Å². The number of carbonyl (C=O) groups excluding carboxylic acids is 4. The van der Waals surface area contributed by atoms with Crippen LogP contribution in [-0.2, 0) is 35.1 Å². The fraction of sp³-hybridized carbons (Fsp3) is 0.683. The summed E-state index contributed by atoms with van der Waals surface area (Å²) < 4.78 is 12.0. The molecule has 1 aromatic carbocycles. The van der Waals surface area contributed by atoms with Gasteiger partial charge in [0.25, 0.3) is 0 Å². The molecule has 0 aliphatic carbocycles. The number of fused-ring (bicyclic) bond motifs is 1. The van der Waals surface area contributed by atoms with E-state index in [0.29, 0.717) is 19.5 Å². The average Bonchev–Trinajstić information content (AvgIpc) is 3.63. The summed E-state index contributed by atoms with van der Waals surface area (Å²) in [5, 5.41) is 10.2. The van der Waals surface area contributed by atoms with E-state index in [1.807, 2.05) is 63.8 Å². The molecule has 2 aromatic rings. The van der Waals surface area contributed by atoms with Crippen LogP contribution in [0.15, 0.2) is 36.5 Å². The standard InChI is InChI=1S/C41H66N6O6/c1-12-27(6)37(46(9)41(51)36(26(4)5)45-40(50)35(42-8)25(2)3)33(52-10)24-34(48)47-23-15-19-32(47)38(53-11)28(7)39(49)44-22-20-29-16-13-18-31-30(29)17-14-21-43-31/h13-14,16-18,21,25-28,32-33,35-38,42H,12,15,19-20,22-24H2,1-11H3,(H,44,49)(H,45,50)/t27-,28+,32-,33+,35-,36-,37?,38+/m0/s1. The monoisotopic (exact) mass is 739 g/mol. The second-order valence-electron chi connectivity index (χ2n) is 15.4. The van der Waals surface area contributed by atoms with Crippen molar-refractivity contribution in [2.24, 2.45) is 23.7 Å². The second kappa shape index (κ2) is 20.7.